The SMILES string of the molecule is Cc1nc(C)n([C@@H]2CCCN(C(=O)c3ccn[nH]3)C2)n1. The Kier molecular flexibility index (Phi) is 3.25. The maximum absolute atomic E-state index is 12.3. The van der Waals surface area contributed by atoms with Gasteiger partial charge in [-0.15, -0.1) is 0 Å². The Bertz CT molecular complexity index is 602. The number of hydrogen-bond donors (Lipinski definition) is 1. The van der Waals surface area contributed by atoms with Gasteiger partial charge in [0.15, 0.2) is 0 Å². The lowest BCUT2D eigenvalue weighted by Crippen LogP contribution is -2.41. The Morgan fingerprint density at radius 2 is 2.30 bits per heavy atom. The summed E-state index contributed by atoms with van der Waals surface area (Å²) >= 11 is 0. The molecule has 0 aliphatic carbocycles. The smallest absolute Gasteiger partial charge is 0.271 e. The lowest BCUT2D eigenvalue weighted by atomic mass is 10.1. The van der Waals surface area contributed by atoms with Crippen LogP contribution in [0.25, 0.3) is 0 Å². The van der Waals surface area contributed by atoms with Crippen LogP contribution in [0.2, 0.25) is 0 Å². The number of aromatic nitrogens is 5. The molecule has 3 rings (SSSR count). The number of aromatic amines is 1. The second-order valence-electron chi connectivity index (χ2n) is 5.17. The predicted molar refractivity (Wildman–Crippen MR) is 72.3 cm³/mol. The van der Waals surface area contributed by atoms with E-state index in [9.17, 15) is 4.79 Å². The maximum atomic E-state index is 12.3. The van der Waals surface area contributed by atoms with Crippen LogP contribution in [-0.2, 0) is 0 Å². The molecule has 0 bridgehead atoms. The molecule has 2 aromatic heterocycles. The third-order valence-corrected chi connectivity index (χ3v) is 3.67. The fourth-order valence-electron chi connectivity index (χ4n) is 2.77. The van der Waals surface area contributed by atoms with Gasteiger partial charge in [0.05, 0.1) is 6.04 Å². The molecule has 3 heterocycles. The number of carbonyl (C=O) groups is 1. The van der Waals surface area contributed by atoms with Crippen LogP contribution in [0.3, 0.4) is 0 Å². The number of likely N-dealkylation sites (tertiary alicyclic amines) is 1. The first kappa shape index (κ1) is 12.8. The Morgan fingerprint density at radius 3 is 2.95 bits per heavy atom. The molecule has 0 saturated carbocycles. The van der Waals surface area contributed by atoms with Gasteiger partial charge in [0, 0.05) is 19.3 Å². The topological polar surface area (TPSA) is 79.7 Å². The van der Waals surface area contributed by atoms with Gasteiger partial charge in [0.1, 0.15) is 17.3 Å². The van der Waals surface area contributed by atoms with Crippen molar-refractivity contribution in [2.75, 3.05) is 13.1 Å². The van der Waals surface area contributed by atoms with E-state index in [1.807, 2.05) is 23.4 Å². The van der Waals surface area contributed by atoms with Crippen LogP contribution < -0.4 is 0 Å². The van der Waals surface area contributed by atoms with Crippen molar-refractivity contribution < 1.29 is 4.79 Å². The van der Waals surface area contributed by atoms with Gasteiger partial charge in [-0.25, -0.2) is 9.67 Å². The first-order valence-corrected chi connectivity index (χ1v) is 6.83. The molecule has 7 nitrogen and oxygen atoms in total. The zero-order chi connectivity index (χ0) is 14.1. The van der Waals surface area contributed by atoms with Crippen LogP contribution in [-0.4, -0.2) is 48.9 Å². The summed E-state index contributed by atoms with van der Waals surface area (Å²) in [5, 5.41) is 11.0. The van der Waals surface area contributed by atoms with Crippen LogP contribution in [0.1, 0.15) is 41.0 Å². The number of H-pyrrole nitrogens is 1. The molecular weight excluding hydrogens is 256 g/mol. The van der Waals surface area contributed by atoms with Gasteiger partial charge < -0.3 is 4.90 Å². The number of nitrogens with zero attached hydrogens (tertiary/aromatic N) is 5. The highest BCUT2D eigenvalue weighted by Gasteiger charge is 2.27. The standard InChI is InChI=1S/C13H18N6O/c1-9-15-10(2)19(17-9)11-4-3-7-18(8-11)13(20)12-5-6-14-16-12/h5-6,11H,3-4,7-8H2,1-2H3,(H,14,16)/t11-/m1/s1. The van der Waals surface area contributed by atoms with Crippen LogP contribution in [0.5, 0.6) is 0 Å². The number of aryl methyl sites for hydroxylation is 2. The highest BCUT2D eigenvalue weighted by atomic mass is 16.2. The number of carbonyl (C=O) groups excluding carboxylic acids is 1. The van der Waals surface area contributed by atoms with E-state index in [0.717, 1.165) is 31.0 Å². The van der Waals surface area contributed by atoms with E-state index < -0.39 is 0 Å². The zero-order valence-electron chi connectivity index (χ0n) is 11.7. The molecule has 0 aromatic carbocycles. The van der Waals surface area contributed by atoms with Crippen molar-refractivity contribution in [1.29, 1.82) is 0 Å². The van der Waals surface area contributed by atoms with Gasteiger partial charge in [0.25, 0.3) is 5.91 Å². The number of amides is 1. The van der Waals surface area contributed by atoms with Crippen molar-refractivity contribution in [2.24, 2.45) is 0 Å². The van der Waals surface area contributed by atoms with Crippen LogP contribution in [0.4, 0.5) is 0 Å². The molecule has 2 aromatic rings. The van der Waals surface area contributed by atoms with Crippen molar-refractivity contribution >= 4 is 5.91 Å². The fraction of sp³-hybridized carbons (Fsp3) is 0.538. The molecule has 0 spiro atoms. The summed E-state index contributed by atoms with van der Waals surface area (Å²) < 4.78 is 1.95. The van der Waals surface area contributed by atoms with E-state index >= 15 is 0 Å². The third kappa shape index (κ3) is 2.31. The Hall–Kier alpha value is -2.18. The zero-order valence-corrected chi connectivity index (χ0v) is 11.7. The quantitative estimate of drug-likeness (QED) is 0.889. The summed E-state index contributed by atoms with van der Waals surface area (Å²) in [6.45, 7) is 5.29. The Balaban J connectivity index is 1.77. The van der Waals surface area contributed by atoms with Crippen molar-refractivity contribution in [1.82, 2.24) is 29.9 Å². The fourth-order valence-corrected chi connectivity index (χ4v) is 2.77. The normalized spacial score (nSPS) is 19.3. The largest absolute Gasteiger partial charge is 0.335 e. The average molecular weight is 274 g/mol. The maximum Gasteiger partial charge on any atom is 0.271 e. The first-order valence-electron chi connectivity index (χ1n) is 6.83. The minimum Gasteiger partial charge on any atom is -0.335 e. The molecule has 20 heavy (non-hydrogen) atoms. The molecule has 1 aliphatic rings. The lowest BCUT2D eigenvalue weighted by molar-refractivity contribution is 0.0665. The highest BCUT2D eigenvalue weighted by Crippen LogP contribution is 2.23. The summed E-state index contributed by atoms with van der Waals surface area (Å²) in [4.78, 5) is 18.5. The second kappa shape index (κ2) is 5.07. The van der Waals surface area contributed by atoms with Crippen molar-refractivity contribution in [2.45, 2.75) is 32.7 Å². The summed E-state index contributed by atoms with van der Waals surface area (Å²) in [5.74, 6) is 1.68. The monoisotopic (exact) mass is 274 g/mol. The second-order valence-corrected chi connectivity index (χ2v) is 5.17. The highest BCUT2D eigenvalue weighted by molar-refractivity contribution is 5.92. The summed E-state index contributed by atoms with van der Waals surface area (Å²) in [6, 6.07) is 1.91. The number of rotatable bonds is 2. The minimum atomic E-state index is 0.00157. The molecule has 1 aliphatic heterocycles. The van der Waals surface area contributed by atoms with Crippen molar-refractivity contribution in [3.05, 3.63) is 29.6 Å². The number of piperidine rings is 1. The van der Waals surface area contributed by atoms with E-state index in [1.165, 1.54) is 0 Å². The third-order valence-electron chi connectivity index (χ3n) is 3.67. The van der Waals surface area contributed by atoms with E-state index in [4.69, 9.17) is 0 Å². The van der Waals surface area contributed by atoms with E-state index in [1.54, 1.807) is 12.3 Å². The number of hydrogen-bond acceptors (Lipinski definition) is 4. The van der Waals surface area contributed by atoms with Gasteiger partial charge in [-0.1, -0.05) is 0 Å². The average Bonchev–Trinajstić information content (AvgIpc) is 3.08. The molecule has 1 atom stereocenters. The minimum absolute atomic E-state index is 0.00157. The van der Waals surface area contributed by atoms with Crippen molar-refractivity contribution in [3.8, 4) is 0 Å². The molecule has 1 amide bonds. The molecule has 1 N–H and O–H groups in total. The van der Waals surface area contributed by atoms with Crippen LogP contribution >= 0.6 is 0 Å². The summed E-state index contributed by atoms with van der Waals surface area (Å²) in [5.41, 5.74) is 0.539. The lowest BCUT2D eigenvalue weighted by Gasteiger charge is -2.32. The van der Waals surface area contributed by atoms with E-state index in [-0.39, 0.29) is 11.9 Å². The van der Waals surface area contributed by atoms with Crippen LogP contribution in [0, 0.1) is 13.8 Å². The Labute approximate surface area is 117 Å². The van der Waals surface area contributed by atoms with Gasteiger partial charge in [-0.2, -0.15) is 10.2 Å². The van der Waals surface area contributed by atoms with E-state index in [0.29, 0.717) is 12.2 Å². The molecular formula is C13H18N6O. The molecule has 106 valence electrons. The summed E-state index contributed by atoms with van der Waals surface area (Å²) in [6.07, 6.45) is 3.60. The molecule has 0 radical (unpaired) electrons. The molecule has 0 unspecified atom stereocenters. The molecule has 1 saturated heterocycles. The van der Waals surface area contributed by atoms with Gasteiger partial charge in [-0.05, 0) is 32.8 Å². The Morgan fingerprint density at radius 1 is 1.45 bits per heavy atom. The van der Waals surface area contributed by atoms with Gasteiger partial charge >= 0.3 is 0 Å². The van der Waals surface area contributed by atoms with Crippen molar-refractivity contribution in [3.63, 3.8) is 0 Å². The summed E-state index contributed by atoms with van der Waals surface area (Å²) in [7, 11) is 0. The van der Waals surface area contributed by atoms with Crippen LogP contribution in [0.15, 0.2) is 12.3 Å². The number of nitrogens with one attached hydrogen (secondary N) is 1. The van der Waals surface area contributed by atoms with Gasteiger partial charge in [0.2, 0.25) is 0 Å². The molecule has 7 heteroatoms. The van der Waals surface area contributed by atoms with E-state index in [2.05, 4.69) is 20.3 Å². The van der Waals surface area contributed by atoms with Gasteiger partial charge in [-0.3, -0.25) is 9.89 Å². The predicted octanol–water partition coefficient (Wildman–Crippen LogP) is 1.10. The molecule has 1 fully saturated rings. The first-order chi connectivity index (χ1) is 9.65.